The average Bonchev–Trinajstić information content (AvgIpc) is 2.57. The molecule has 0 aromatic heterocycles. The summed E-state index contributed by atoms with van der Waals surface area (Å²) in [4.78, 5) is 25.8. The number of rotatable bonds is 1. The minimum absolute atomic E-state index is 0.0899. The minimum Gasteiger partial charge on any atom is -0.506 e. The Hall–Kier alpha value is -2.93. The third-order valence-corrected chi connectivity index (χ3v) is 3.76. The van der Waals surface area contributed by atoms with Crippen LogP contribution in [0.1, 0.15) is 0 Å². The second-order valence-electron chi connectivity index (χ2n) is 5.07. The quantitative estimate of drug-likeness (QED) is 0.598. The highest BCUT2D eigenvalue weighted by atomic mass is 35.5. The van der Waals surface area contributed by atoms with E-state index in [2.05, 4.69) is 22.0 Å². The number of carbonyl (C=O) groups is 2. The fraction of sp³-hybridized carbons (Fsp3) is 0.125. The van der Waals surface area contributed by atoms with Gasteiger partial charge in [0, 0.05) is 18.8 Å². The first-order valence-electron chi connectivity index (χ1n) is 7.16. The first-order valence-corrected chi connectivity index (χ1v) is 7.54. The molecule has 0 aliphatic carbocycles. The Labute approximate surface area is 143 Å². The largest absolute Gasteiger partial charge is 0.506 e. The molecule has 0 fully saturated rings. The van der Waals surface area contributed by atoms with Crippen LogP contribution in [0.15, 0.2) is 36.4 Å². The molecule has 7 nitrogen and oxygen atoms in total. The maximum absolute atomic E-state index is 12.3. The molecule has 0 atom stereocenters. The maximum Gasteiger partial charge on any atom is 0.330 e. The normalized spacial score (nSPS) is 12.8. The van der Waals surface area contributed by atoms with Crippen molar-refractivity contribution in [2.24, 2.45) is 0 Å². The van der Waals surface area contributed by atoms with Crippen molar-refractivity contribution >= 4 is 40.7 Å². The van der Waals surface area contributed by atoms with Crippen LogP contribution in [0.25, 0.3) is 0 Å². The van der Waals surface area contributed by atoms with Crippen LogP contribution in [-0.4, -0.2) is 30.3 Å². The summed E-state index contributed by atoms with van der Waals surface area (Å²) in [7, 11) is 0. The Morgan fingerprint density at radius 1 is 1.33 bits per heavy atom. The number of anilines is 3. The molecule has 0 bridgehead atoms. The molecule has 2 aromatic carbocycles. The summed E-state index contributed by atoms with van der Waals surface area (Å²) in [6, 6.07) is 11.1. The van der Waals surface area contributed by atoms with E-state index < -0.39 is 12.1 Å². The highest BCUT2D eigenvalue weighted by molar-refractivity contribution is 6.32. The van der Waals surface area contributed by atoms with Gasteiger partial charge >= 0.3 is 12.1 Å². The SMILES string of the molecule is O=C(NC(=O)N1CCNc2c[c]ccc21)Nc1ccc(O)c(Cl)c1. The van der Waals surface area contributed by atoms with E-state index in [0.717, 1.165) is 5.69 Å². The van der Waals surface area contributed by atoms with Gasteiger partial charge in [-0.2, -0.15) is 0 Å². The van der Waals surface area contributed by atoms with Crippen molar-refractivity contribution < 1.29 is 14.7 Å². The zero-order chi connectivity index (χ0) is 17.1. The van der Waals surface area contributed by atoms with Crippen LogP contribution in [-0.2, 0) is 0 Å². The molecular formula is C16H14ClN4O3. The molecule has 1 aliphatic heterocycles. The lowest BCUT2D eigenvalue weighted by atomic mass is 10.2. The summed E-state index contributed by atoms with van der Waals surface area (Å²) in [5.74, 6) is -0.0899. The van der Waals surface area contributed by atoms with Crippen molar-refractivity contribution in [2.45, 2.75) is 0 Å². The van der Waals surface area contributed by atoms with Crippen molar-refractivity contribution in [1.82, 2.24) is 5.32 Å². The zero-order valence-electron chi connectivity index (χ0n) is 12.5. The first-order chi connectivity index (χ1) is 11.5. The van der Waals surface area contributed by atoms with Gasteiger partial charge in [-0.1, -0.05) is 17.7 Å². The number of benzene rings is 2. The first kappa shape index (κ1) is 15.9. The number of fused-ring (bicyclic) bond motifs is 1. The Balaban J connectivity index is 1.67. The second kappa shape index (κ2) is 6.67. The highest BCUT2D eigenvalue weighted by Gasteiger charge is 2.23. The average molecular weight is 346 g/mol. The Kier molecular flexibility index (Phi) is 4.43. The summed E-state index contributed by atoms with van der Waals surface area (Å²) in [5.41, 5.74) is 1.82. The van der Waals surface area contributed by atoms with E-state index in [1.807, 2.05) is 0 Å². The highest BCUT2D eigenvalue weighted by Crippen LogP contribution is 2.28. The van der Waals surface area contributed by atoms with Crippen molar-refractivity contribution in [2.75, 3.05) is 28.6 Å². The van der Waals surface area contributed by atoms with E-state index in [4.69, 9.17) is 11.6 Å². The van der Waals surface area contributed by atoms with Crippen LogP contribution in [0.2, 0.25) is 5.02 Å². The van der Waals surface area contributed by atoms with Gasteiger partial charge in [0.25, 0.3) is 0 Å². The number of phenols is 1. The van der Waals surface area contributed by atoms with Gasteiger partial charge in [0.1, 0.15) is 5.75 Å². The van der Waals surface area contributed by atoms with Gasteiger partial charge in [-0.3, -0.25) is 10.2 Å². The lowest BCUT2D eigenvalue weighted by molar-refractivity contribution is 0.236. The van der Waals surface area contributed by atoms with Crippen LogP contribution in [0, 0.1) is 6.07 Å². The van der Waals surface area contributed by atoms with Gasteiger partial charge in [-0.25, -0.2) is 9.59 Å². The number of nitrogens with zero attached hydrogens (tertiary/aromatic N) is 1. The molecular weight excluding hydrogens is 332 g/mol. The number of hydrogen-bond donors (Lipinski definition) is 4. The van der Waals surface area contributed by atoms with E-state index in [1.54, 1.807) is 18.2 Å². The van der Waals surface area contributed by atoms with E-state index >= 15 is 0 Å². The summed E-state index contributed by atoms with van der Waals surface area (Å²) in [6.07, 6.45) is 0. The summed E-state index contributed by atoms with van der Waals surface area (Å²) in [6.45, 7) is 1.01. The van der Waals surface area contributed by atoms with Crippen molar-refractivity contribution in [3.63, 3.8) is 0 Å². The molecule has 0 spiro atoms. The van der Waals surface area contributed by atoms with Gasteiger partial charge in [-0.05, 0) is 36.4 Å². The number of nitrogens with one attached hydrogen (secondary N) is 3. The Morgan fingerprint density at radius 3 is 2.96 bits per heavy atom. The number of halogens is 1. The smallest absolute Gasteiger partial charge is 0.330 e. The number of phenolic OH excluding ortho intramolecular Hbond substituents is 1. The summed E-state index contributed by atoms with van der Waals surface area (Å²) >= 11 is 5.77. The van der Waals surface area contributed by atoms with Crippen LogP contribution in [0.5, 0.6) is 5.75 Å². The number of imide groups is 1. The third-order valence-electron chi connectivity index (χ3n) is 3.45. The third kappa shape index (κ3) is 3.36. The lowest BCUT2D eigenvalue weighted by Gasteiger charge is -2.29. The molecule has 1 aliphatic rings. The topological polar surface area (TPSA) is 93.7 Å². The monoisotopic (exact) mass is 345 g/mol. The molecule has 24 heavy (non-hydrogen) atoms. The summed E-state index contributed by atoms with van der Waals surface area (Å²) < 4.78 is 0. The number of aromatic hydroxyl groups is 1. The number of carbonyl (C=O) groups excluding carboxylic acids is 2. The Bertz CT molecular complexity index is 797. The van der Waals surface area contributed by atoms with Gasteiger partial charge in [-0.15, -0.1) is 0 Å². The molecule has 0 saturated carbocycles. The minimum atomic E-state index is -0.690. The van der Waals surface area contributed by atoms with Crippen LogP contribution in [0.3, 0.4) is 0 Å². The van der Waals surface area contributed by atoms with E-state index in [1.165, 1.54) is 23.1 Å². The van der Waals surface area contributed by atoms with E-state index in [9.17, 15) is 14.7 Å². The predicted molar refractivity (Wildman–Crippen MR) is 91.8 cm³/mol. The molecule has 1 radical (unpaired) electrons. The molecule has 2 aromatic rings. The van der Waals surface area contributed by atoms with Crippen molar-refractivity contribution in [3.8, 4) is 5.75 Å². The van der Waals surface area contributed by atoms with E-state index in [-0.39, 0.29) is 10.8 Å². The number of urea groups is 2. The number of amides is 4. The van der Waals surface area contributed by atoms with Gasteiger partial charge in [0.05, 0.1) is 16.4 Å². The molecule has 123 valence electrons. The Morgan fingerprint density at radius 2 is 2.17 bits per heavy atom. The van der Waals surface area contributed by atoms with Crippen molar-refractivity contribution in [3.05, 3.63) is 47.5 Å². The summed E-state index contributed by atoms with van der Waals surface area (Å²) in [5, 5.41) is 17.4. The van der Waals surface area contributed by atoms with Crippen LogP contribution in [0.4, 0.5) is 26.7 Å². The second-order valence-corrected chi connectivity index (χ2v) is 5.48. The van der Waals surface area contributed by atoms with Gasteiger partial charge in [0.2, 0.25) is 0 Å². The molecule has 8 heteroatoms. The molecule has 3 rings (SSSR count). The maximum atomic E-state index is 12.3. The molecule has 1 heterocycles. The van der Waals surface area contributed by atoms with Crippen LogP contribution >= 0.6 is 11.6 Å². The van der Waals surface area contributed by atoms with Crippen LogP contribution < -0.4 is 20.9 Å². The molecule has 4 amide bonds. The number of hydrogen-bond acceptors (Lipinski definition) is 4. The van der Waals surface area contributed by atoms with Gasteiger partial charge in [0.15, 0.2) is 0 Å². The van der Waals surface area contributed by atoms with Crippen molar-refractivity contribution in [1.29, 1.82) is 0 Å². The molecule has 0 saturated heterocycles. The standard InChI is InChI=1S/C16H14ClN4O3/c17-11-9-10(5-6-14(11)22)19-15(23)20-16(24)21-8-7-18-12-3-1-2-4-13(12)21/h2-6,9,18,22H,7-8H2,(H2,19,20,23,24). The fourth-order valence-corrected chi connectivity index (χ4v) is 2.53. The zero-order valence-corrected chi connectivity index (χ0v) is 13.2. The van der Waals surface area contributed by atoms with Gasteiger partial charge < -0.3 is 15.7 Å². The fourth-order valence-electron chi connectivity index (χ4n) is 2.34. The lowest BCUT2D eigenvalue weighted by Crippen LogP contribution is -2.48. The van der Waals surface area contributed by atoms with E-state index in [0.29, 0.717) is 24.5 Å². The molecule has 0 unspecified atom stereocenters. The molecule has 4 N–H and O–H groups in total. The predicted octanol–water partition coefficient (Wildman–Crippen LogP) is 3.02.